The van der Waals surface area contributed by atoms with Gasteiger partial charge >= 0.3 is 0 Å². The highest BCUT2D eigenvalue weighted by Crippen LogP contribution is 2.42. The van der Waals surface area contributed by atoms with E-state index in [4.69, 9.17) is 0 Å². The average Bonchev–Trinajstić information content (AvgIpc) is 2.88. The number of piperidine rings is 1. The summed E-state index contributed by atoms with van der Waals surface area (Å²) in [6.45, 7) is 6.51. The minimum atomic E-state index is -0.000424. The van der Waals surface area contributed by atoms with Crippen LogP contribution in [0.25, 0.3) is 6.08 Å². The lowest BCUT2D eigenvalue weighted by Gasteiger charge is -2.31. The van der Waals surface area contributed by atoms with Gasteiger partial charge < -0.3 is 9.80 Å². The van der Waals surface area contributed by atoms with Crippen molar-refractivity contribution in [2.24, 2.45) is 5.92 Å². The van der Waals surface area contributed by atoms with Gasteiger partial charge in [-0.1, -0.05) is 67.2 Å². The second-order valence-corrected chi connectivity index (χ2v) is 10.6. The highest BCUT2D eigenvalue weighted by atomic mass is 32.2. The summed E-state index contributed by atoms with van der Waals surface area (Å²) in [5.41, 5.74) is 4.87. The molecule has 2 heterocycles. The third-order valence-corrected chi connectivity index (χ3v) is 8.03. The van der Waals surface area contributed by atoms with Gasteiger partial charge in [0.15, 0.2) is 0 Å². The normalized spacial score (nSPS) is 17.5. The molecule has 0 bridgehead atoms. The number of likely N-dealkylation sites (tertiary alicyclic amines) is 1. The van der Waals surface area contributed by atoms with Crippen LogP contribution in [0.4, 0.5) is 5.69 Å². The lowest BCUT2D eigenvalue weighted by molar-refractivity contribution is -0.114. The van der Waals surface area contributed by atoms with Crippen LogP contribution in [0.15, 0.2) is 82.6 Å². The number of hydrogen-bond acceptors (Lipinski definition) is 3. The van der Waals surface area contributed by atoms with Crippen molar-refractivity contribution < 1.29 is 9.59 Å². The van der Waals surface area contributed by atoms with Crippen LogP contribution in [0.3, 0.4) is 0 Å². The molecule has 0 atom stereocenters. The molecule has 2 amide bonds. The van der Waals surface area contributed by atoms with Gasteiger partial charge in [-0.25, -0.2) is 0 Å². The molecule has 1 fully saturated rings. The van der Waals surface area contributed by atoms with Crippen molar-refractivity contribution in [3.05, 3.63) is 100.0 Å². The van der Waals surface area contributed by atoms with Gasteiger partial charge in [0.1, 0.15) is 0 Å². The molecule has 5 heteroatoms. The fourth-order valence-corrected chi connectivity index (χ4v) is 5.70. The summed E-state index contributed by atoms with van der Waals surface area (Å²) in [5, 5.41) is 0. The first-order chi connectivity index (χ1) is 17.0. The highest BCUT2D eigenvalue weighted by Gasteiger charge is 2.29. The van der Waals surface area contributed by atoms with Crippen molar-refractivity contribution in [2.45, 2.75) is 38.1 Å². The number of fused-ring (bicyclic) bond motifs is 1. The fourth-order valence-electron chi connectivity index (χ4n) is 4.64. The zero-order chi connectivity index (χ0) is 24.4. The molecule has 2 aliphatic rings. The molecule has 0 N–H and O–H groups in total. The second kappa shape index (κ2) is 10.1. The summed E-state index contributed by atoms with van der Waals surface area (Å²) in [7, 11) is 0. The van der Waals surface area contributed by atoms with Gasteiger partial charge in [0.25, 0.3) is 11.8 Å². The molecule has 0 unspecified atom stereocenters. The minimum Gasteiger partial charge on any atom is -0.339 e. The third kappa shape index (κ3) is 5.06. The fraction of sp³-hybridized carbons (Fsp3) is 0.267. The van der Waals surface area contributed by atoms with Gasteiger partial charge in [0, 0.05) is 23.5 Å². The summed E-state index contributed by atoms with van der Waals surface area (Å²) >= 11 is 1.51. The number of hydrogen-bond donors (Lipinski definition) is 0. The number of para-hydroxylation sites is 1. The van der Waals surface area contributed by atoms with Gasteiger partial charge in [0.2, 0.25) is 0 Å². The predicted molar refractivity (Wildman–Crippen MR) is 143 cm³/mol. The van der Waals surface area contributed by atoms with Crippen molar-refractivity contribution in [1.82, 2.24) is 4.90 Å². The maximum atomic E-state index is 13.6. The molecule has 3 aromatic rings. The smallest absolute Gasteiger partial charge is 0.265 e. The number of nitrogens with zero attached hydrogens (tertiary/aromatic N) is 2. The lowest BCUT2D eigenvalue weighted by atomic mass is 9.98. The Kier molecular flexibility index (Phi) is 6.78. The van der Waals surface area contributed by atoms with E-state index >= 15 is 0 Å². The molecule has 4 nitrogen and oxygen atoms in total. The summed E-state index contributed by atoms with van der Waals surface area (Å²) in [6.07, 6.45) is 4.07. The van der Waals surface area contributed by atoms with E-state index in [9.17, 15) is 9.59 Å². The Morgan fingerprint density at radius 2 is 1.66 bits per heavy atom. The zero-order valence-corrected chi connectivity index (χ0v) is 21.1. The molecule has 0 saturated carbocycles. The molecule has 5 rings (SSSR count). The van der Waals surface area contributed by atoms with E-state index in [0.717, 1.165) is 47.6 Å². The van der Waals surface area contributed by atoms with E-state index in [0.29, 0.717) is 22.9 Å². The van der Waals surface area contributed by atoms with Gasteiger partial charge in [-0.2, -0.15) is 0 Å². The minimum absolute atomic E-state index is 0.000424. The lowest BCUT2D eigenvalue weighted by Crippen LogP contribution is -2.37. The van der Waals surface area contributed by atoms with Crippen molar-refractivity contribution >= 4 is 35.3 Å². The van der Waals surface area contributed by atoms with Crippen molar-refractivity contribution in [1.29, 1.82) is 0 Å². The van der Waals surface area contributed by atoms with Crippen LogP contribution in [0.1, 0.15) is 46.8 Å². The average molecular weight is 483 g/mol. The van der Waals surface area contributed by atoms with Crippen LogP contribution in [-0.2, 0) is 11.3 Å². The summed E-state index contributed by atoms with van der Waals surface area (Å²) < 4.78 is 0. The Hall–Kier alpha value is -3.31. The Bertz CT molecular complexity index is 1270. The van der Waals surface area contributed by atoms with E-state index in [1.807, 2.05) is 70.5 Å². The van der Waals surface area contributed by atoms with E-state index in [1.54, 1.807) is 0 Å². The molecule has 0 aliphatic carbocycles. The van der Waals surface area contributed by atoms with Gasteiger partial charge in [-0.15, -0.1) is 0 Å². The second-order valence-electron chi connectivity index (χ2n) is 9.49. The molecule has 1 saturated heterocycles. The number of amides is 2. The highest BCUT2D eigenvalue weighted by molar-refractivity contribution is 8.04. The Morgan fingerprint density at radius 3 is 2.40 bits per heavy atom. The number of carbonyl (C=O) groups is 2. The SMILES string of the molecule is Cc1ccccc1CN1C(=O)C(=Cc2ccc(C(=O)N3CCC(C)CC3)cc2)Sc2ccccc21. The number of benzene rings is 3. The topological polar surface area (TPSA) is 40.6 Å². The number of aryl methyl sites for hydroxylation is 1. The first-order valence-corrected chi connectivity index (χ1v) is 13.1. The maximum absolute atomic E-state index is 13.6. The maximum Gasteiger partial charge on any atom is 0.265 e. The van der Waals surface area contributed by atoms with Crippen LogP contribution >= 0.6 is 11.8 Å². The summed E-state index contributed by atoms with van der Waals surface area (Å²) in [5.74, 6) is 0.783. The quantitative estimate of drug-likeness (QED) is 0.396. The van der Waals surface area contributed by atoms with Crippen LogP contribution < -0.4 is 4.90 Å². The van der Waals surface area contributed by atoms with Crippen LogP contribution in [0, 0.1) is 12.8 Å². The van der Waals surface area contributed by atoms with E-state index in [-0.39, 0.29) is 11.8 Å². The van der Waals surface area contributed by atoms with Crippen LogP contribution in [-0.4, -0.2) is 29.8 Å². The predicted octanol–water partition coefficient (Wildman–Crippen LogP) is 6.55. The van der Waals surface area contributed by atoms with Crippen LogP contribution in [0.5, 0.6) is 0 Å². The Balaban J connectivity index is 1.39. The zero-order valence-electron chi connectivity index (χ0n) is 20.2. The molecular weight excluding hydrogens is 452 g/mol. The number of rotatable bonds is 4. The molecule has 3 aromatic carbocycles. The summed E-state index contributed by atoms with van der Waals surface area (Å²) in [6, 6.07) is 23.9. The molecule has 0 spiro atoms. The standard InChI is InChI=1S/C30H30N2O2S/c1-21-15-17-31(18-16-21)29(33)24-13-11-23(12-14-24)19-28-30(34)32(20-25-8-4-3-7-22(25)2)26-9-5-6-10-27(26)35-28/h3-14,19,21H,15-18,20H2,1-2H3. The number of anilines is 1. The first kappa shape index (κ1) is 23.4. The van der Waals surface area contributed by atoms with Gasteiger partial charge in [0.05, 0.1) is 17.1 Å². The van der Waals surface area contributed by atoms with Crippen LogP contribution in [0.2, 0.25) is 0 Å². The molecule has 178 valence electrons. The van der Waals surface area contributed by atoms with E-state index < -0.39 is 0 Å². The van der Waals surface area contributed by atoms with E-state index in [2.05, 4.69) is 32.0 Å². The van der Waals surface area contributed by atoms with Crippen molar-refractivity contribution in [3.8, 4) is 0 Å². The van der Waals surface area contributed by atoms with E-state index in [1.165, 1.54) is 17.3 Å². The molecule has 2 aliphatic heterocycles. The largest absolute Gasteiger partial charge is 0.339 e. The van der Waals surface area contributed by atoms with Crippen molar-refractivity contribution in [3.63, 3.8) is 0 Å². The summed E-state index contributed by atoms with van der Waals surface area (Å²) in [4.78, 5) is 32.1. The van der Waals surface area contributed by atoms with Gasteiger partial charge in [-0.3, -0.25) is 9.59 Å². The first-order valence-electron chi connectivity index (χ1n) is 12.2. The molecule has 35 heavy (non-hydrogen) atoms. The third-order valence-electron chi connectivity index (χ3n) is 6.95. The van der Waals surface area contributed by atoms with Crippen molar-refractivity contribution in [2.75, 3.05) is 18.0 Å². The van der Waals surface area contributed by atoms with Gasteiger partial charge in [-0.05, 0) is 72.7 Å². The number of carbonyl (C=O) groups excluding carboxylic acids is 2. The molecule has 0 aromatic heterocycles. The Morgan fingerprint density at radius 1 is 0.971 bits per heavy atom. The molecular formula is C30H30N2O2S. The number of thioether (sulfide) groups is 1. The monoisotopic (exact) mass is 482 g/mol. The Labute approximate surface area is 211 Å². The molecule has 0 radical (unpaired) electrons.